The molecule has 6 heteroatoms. The first-order valence-electron chi connectivity index (χ1n) is 9.09. The fraction of sp³-hybridized carbons (Fsp3) is 0.737. The van der Waals surface area contributed by atoms with E-state index in [2.05, 4.69) is 5.16 Å². The average molecular weight is 352 g/mol. The van der Waals surface area contributed by atoms with E-state index >= 15 is 0 Å². The summed E-state index contributed by atoms with van der Waals surface area (Å²) < 4.78 is 5.45. The molecular formula is C19H32N2O4. The van der Waals surface area contributed by atoms with E-state index in [1.807, 2.05) is 33.8 Å². The van der Waals surface area contributed by atoms with Crippen LogP contribution in [0.15, 0.2) is 16.8 Å². The number of allylic oxidation sites excluding steroid dienone is 2. The molecule has 0 aromatic heterocycles. The third-order valence-corrected chi connectivity index (χ3v) is 4.03. The highest BCUT2D eigenvalue weighted by Gasteiger charge is 2.23. The number of amides is 1. The van der Waals surface area contributed by atoms with Crippen LogP contribution in [-0.2, 0) is 9.53 Å². The van der Waals surface area contributed by atoms with Crippen LogP contribution in [0.2, 0.25) is 0 Å². The summed E-state index contributed by atoms with van der Waals surface area (Å²) in [4.78, 5) is 26.5. The molecule has 1 N–H and O–H groups in total. The zero-order valence-corrected chi connectivity index (χ0v) is 16.0. The molecule has 1 heterocycles. The second-order valence-corrected chi connectivity index (χ2v) is 7.71. The second-order valence-electron chi connectivity index (χ2n) is 7.71. The van der Waals surface area contributed by atoms with E-state index in [-0.39, 0.29) is 17.8 Å². The zero-order chi connectivity index (χ0) is 18.9. The fourth-order valence-corrected chi connectivity index (χ4v) is 2.75. The number of carbonyl (C=O) groups excluding carboxylic acids is 2. The highest BCUT2D eigenvalue weighted by molar-refractivity contribution is 5.95. The Balaban J connectivity index is 2.56. The molecule has 1 aliphatic heterocycles. The van der Waals surface area contributed by atoms with Gasteiger partial charge in [0.2, 0.25) is 0 Å². The Morgan fingerprint density at radius 3 is 2.68 bits per heavy atom. The van der Waals surface area contributed by atoms with Gasteiger partial charge in [-0.05, 0) is 64.4 Å². The first-order valence-corrected chi connectivity index (χ1v) is 9.09. The summed E-state index contributed by atoms with van der Waals surface area (Å²) in [7, 11) is 0. The second kappa shape index (κ2) is 10.2. The van der Waals surface area contributed by atoms with Crippen molar-refractivity contribution in [3.63, 3.8) is 0 Å². The lowest BCUT2D eigenvalue weighted by atomic mass is 9.94. The number of hydrogen-bond acceptors (Lipinski definition) is 5. The van der Waals surface area contributed by atoms with Crippen molar-refractivity contribution in [1.29, 1.82) is 0 Å². The van der Waals surface area contributed by atoms with Crippen molar-refractivity contribution in [3.8, 4) is 0 Å². The minimum atomic E-state index is -0.497. The van der Waals surface area contributed by atoms with Gasteiger partial charge in [-0.25, -0.2) is 4.79 Å². The van der Waals surface area contributed by atoms with E-state index in [1.54, 1.807) is 4.90 Å². The molecule has 0 aromatic rings. The van der Waals surface area contributed by atoms with Gasteiger partial charge >= 0.3 is 6.09 Å². The van der Waals surface area contributed by atoms with Crippen LogP contribution in [0.3, 0.4) is 0 Å². The van der Waals surface area contributed by atoms with Crippen LogP contribution in [-0.4, -0.2) is 46.9 Å². The van der Waals surface area contributed by atoms with E-state index in [0.717, 1.165) is 24.8 Å². The van der Waals surface area contributed by atoms with Crippen LogP contribution in [0.4, 0.5) is 4.79 Å². The summed E-state index contributed by atoms with van der Waals surface area (Å²) in [5, 5.41) is 11.5. The van der Waals surface area contributed by atoms with Gasteiger partial charge in [-0.3, -0.25) is 4.79 Å². The number of carbonyl (C=O) groups is 2. The number of oxime groups is 1. The Morgan fingerprint density at radius 2 is 2.04 bits per heavy atom. The largest absolute Gasteiger partial charge is 0.444 e. The summed E-state index contributed by atoms with van der Waals surface area (Å²) in [6.45, 7) is 8.81. The summed E-state index contributed by atoms with van der Waals surface area (Å²) >= 11 is 0. The van der Waals surface area contributed by atoms with Gasteiger partial charge in [0.25, 0.3) is 0 Å². The van der Waals surface area contributed by atoms with Crippen LogP contribution in [0, 0.1) is 5.92 Å². The fourth-order valence-electron chi connectivity index (χ4n) is 2.75. The molecule has 0 unspecified atom stereocenters. The van der Waals surface area contributed by atoms with Gasteiger partial charge in [0.05, 0.1) is 0 Å². The molecule has 0 aliphatic carbocycles. The van der Waals surface area contributed by atoms with Gasteiger partial charge in [-0.1, -0.05) is 13.0 Å². The van der Waals surface area contributed by atoms with Gasteiger partial charge in [-0.2, -0.15) is 0 Å². The zero-order valence-electron chi connectivity index (χ0n) is 16.0. The van der Waals surface area contributed by atoms with Crippen molar-refractivity contribution in [3.05, 3.63) is 11.6 Å². The van der Waals surface area contributed by atoms with Crippen molar-refractivity contribution in [2.75, 3.05) is 13.1 Å². The molecule has 0 aromatic carbocycles. The lowest BCUT2D eigenvalue weighted by Crippen LogP contribution is -2.38. The first-order chi connectivity index (χ1) is 11.7. The van der Waals surface area contributed by atoms with Crippen molar-refractivity contribution in [1.82, 2.24) is 4.90 Å². The summed E-state index contributed by atoms with van der Waals surface area (Å²) in [6.07, 6.45) is 7.24. The van der Waals surface area contributed by atoms with E-state index < -0.39 is 5.60 Å². The predicted molar refractivity (Wildman–Crippen MR) is 98.0 cm³/mol. The number of ketones is 1. The number of hydrogen-bond donors (Lipinski definition) is 1. The van der Waals surface area contributed by atoms with E-state index in [1.165, 1.54) is 6.21 Å². The third-order valence-electron chi connectivity index (χ3n) is 4.03. The minimum Gasteiger partial charge on any atom is -0.444 e. The van der Waals surface area contributed by atoms with Crippen molar-refractivity contribution >= 4 is 18.1 Å². The topological polar surface area (TPSA) is 79.2 Å². The Kier molecular flexibility index (Phi) is 8.66. The number of rotatable bonds is 5. The standard InChI is InChI=1S/C19H32N2O4/c1-15(10-11-20-24)14-17(22)16-8-5-6-12-21(13-7-9-16)18(23)25-19(2,3)4/h8,11,15,24H,5-7,9-10,12-14H2,1-4H3/b16-8+,20-11-/t15-/m1/s1. The van der Waals surface area contributed by atoms with E-state index in [0.29, 0.717) is 32.4 Å². The maximum absolute atomic E-state index is 12.5. The molecule has 0 fully saturated rings. The molecule has 1 rings (SSSR count). The van der Waals surface area contributed by atoms with Crippen molar-refractivity contribution in [2.24, 2.45) is 11.1 Å². The monoisotopic (exact) mass is 352 g/mol. The van der Waals surface area contributed by atoms with Crippen LogP contribution in [0.5, 0.6) is 0 Å². The summed E-state index contributed by atoms with van der Waals surface area (Å²) in [5.74, 6) is 0.305. The van der Waals surface area contributed by atoms with Gasteiger partial charge in [0, 0.05) is 25.7 Å². The maximum Gasteiger partial charge on any atom is 0.410 e. The molecule has 1 atom stereocenters. The molecule has 1 aliphatic rings. The molecule has 1 amide bonds. The van der Waals surface area contributed by atoms with Gasteiger partial charge < -0.3 is 14.8 Å². The Hall–Kier alpha value is -1.85. The summed E-state index contributed by atoms with van der Waals surface area (Å²) in [5.41, 5.74) is 0.363. The Labute approximate surface area is 150 Å². The molecule has 142 valence electrons. The molecule has 0 radical (unpaired) electrons. The molecule has 0 bridgehead atoms. The third kappa shape index (κ3) is 8.70. The normalized spacial score (nSPS) is 20.2. The van der Waals surface area contributed by atoms with Crippen LogP contribution < -0.4 is 0 Å². The number of nitrogens with zero attached hydrogens (tertiary/aromatic N) is 2. The molecule has 0 spiro atoms. The van der Waals surface area contributed by atoms with Crippen LogP contribution in [0.25, 0.3) is 0 Å². The molecule has 25 heavy (non-hydrogen) atoms. The SMILES string of the molecule is C[C@H](C/C=N\O)CC(=O)/C1=C/CCCN(C(=O)OC(C)(C)C)CCC1. The lowest BCUT2D eigenvalue weighted by molar-refractivity contribution is -0.116. The highest BCUT2D eigenvalue weighted by Crippen LogP contribution is 2.19. The van der Waals surface area contributed by atoms with E-state index in [4.69, 9.17) is 9.94 Å². The van der Waals surface area contributed by atoms with Crippen molar-refractivity contribution < 1.29 is 19.5 Å². The Morgan fingerprint density at radius 1 is 1.36 bits per heavy atom. The smallest absolute Gasteiger partial charge is 0.410 e. The molecular weight excluding hydrogens is 320 g/mol. The van der Waals surface area contributed by atoms with E-state index in [9.17, 15) is 9.59 Å². The number of ether oxygens (including phenoxy) is 1. The minimum absolute atomic E-state index is 0.148. The molecule has 0 saturated carbocycles. The summed E-state index contributed by atoms with van der Waals surface area (Å²) in [6, 6.07) is 0. The van der Waals surface area contributed by atoms with Crippen LogP contribution in [0.1, 0.15) is 66.2 Å². The van der Waals surface area contributed by atoms with Crippen LogP contribution >= 0.6 is 0 Å². The van der Waals surface area contributed by atoms with Gasteiger partial charge in [0.1, 0.15) is 5.60 Å². The first kappa shape index (κ1) is 21.2. The highest BCUT2D eigenvalue weighted by atomic mass is 16.6. The predicted octanol–water partition coefficient (Wildman–Crippen LogP) is 4.17. The molecule has 6 nitrogen and oxygen atoms in total. The quantitative estimate of drug-likeness (QED) is 0.457. The maximum atomic E-state index is 12.5. The Bertz CT molecular complexity index is 506. The molecule has 0 saturated heterocycles. The average Bonchev–Trinajstić information content (AvgIpc) is 2.63. The lowest BCUT2D eigenvalue weighted by Gasteiger charge is -2.27. The van der Waals surface area contributed by atoms with Gasteiger partial charge in [0.15, 0.2) is 5.78 Å². The van der Waals surface area contributed by atoms with Gasteiger partial charge in [-0.15, -0.1) is 5.16 Å². The van der Waals surface area contributed by atoms with Crippen molar-refractivity contribution in [2.45, 2.75) is 71.8 Å². The number of Topliss-reactive ketones (excluding diaryl/α,β-unsaturated/α-hetero) is 1.